The van der Waals surface area contributed by atoms with Crippen molar-refractivity contribution in [1.82, 2.24) is 4.90 Å². The number of carbonyl (C=O) groups is 2. The molecule has 6 heteroatoms. The van der Waals surface area contributed by atoms with Gasteiger partial charge in [0.05, 0.1) is 7.11 Å². The minimum absolute atomic E-state index is 0.397. The number of aryl methyl sites for hydroxylation is 1. The average molecular weight is 379 g/mol. The third-order valence-electron chi connectivity index (χ3n) is 5.54. The van der Waals surface area contributed by atoms with Gasteiger partial charge in [0.2, 0.25) is 0 Å². The number of methoxy groups -OCH3 is 1. The zero-order chi connectivity index (χ0) is 19.5. The van der Waals surface area contributed by atoms with Crippen molar-refractivity contribution in [2.24, 2.45) is 0 Å². The number of para-hydroxylation sites is 1. The molecule has 2 aromatic carbocycles. The number of carbonyl (C=O) groups excluding carboxylic acids is 2. The fraction of sp³-hybridized carbons (Fsp3) is 0.364. The Bertz CT molecular complexity index is 858. The molecule has 0 aliphatic carbocycles. The van der Waals surface area contributed by atoms with Crippen molar-refractivity contribution < 1.29 is 14.3 Å². The summed E-state index contributed by atoms with van der Waals surface area (Å²) < 4.78 is 5.20. The molecule has 0 spiro atoms. The first-order valence-corrected chi connectivity index (χ1v) is 9.75. The Balaban J connectivity index is 1.39. The van der Waals surface area contributed by atoms with Gasteiger partial charge in [-0.3, -0.25) is 9.59 Å². The SMILES string of the molecule is COc1ccc(N2CCN(C(=O)C(=O)N3CCCc4ccccc43)CC2)cc1. The molecule has 6 nitrogen and oxygen atoms in total. The van der Waals surface area contributed by atoms with Crippen LogP contribution in [0.4, 0.5) is 11.4 Å². The van der Waals surface area contributed by atoms with E-state index in [1.54, 1.807) is 16.9 Å². The van der Waals surface area contributed by atoms with Crippen LogP contribution in [0, 0.1) is 0 Å². The van der Waals surface area contributed by atoms with Gasteiger partial charge in [-0.15, -0.1) is 0 Å². The van der Waals surface area contributed by atoms with E-state index in [0.717, 1.165) is 35.5 Å². The van der Waals surface area contributed by atoms with Crippen molar-refractivity contribution in [3.05, 3.63) is 54.1 Å². The summed E-state index contributed by atoms with van der Waals surface area (Å²) in [7, 11) is 1.65. The third-order valence-corrected chi connectivity index (χ3v) is 5.54. The van der Waals surface area contributed by atoms with E-state index in [4.69, 9.17) is 4.74 Å². The van der Waals surface area contributed by atoms with Gasteiger partial charge in [0.1, 0.15) is 5.75 Å². The maximum absolute atomic E-state index is 12.9. The van der Waals surface area contributed by atoms with Crippen LogP contribution in [0.25, 0.3) is 0 Å². The van der Waals surface area contributed by atoms with Gasteiger partial charge >= 0.3 is 11.8 Å². The van der Waals surface area contributed by atoms with Crippen LogP contribution in [0.3, 0.4) is 0 Å². The first kappa shape index (κ1) is 18.3. The fourth-order valence-corrected chi connectivity index (χ4v) is 3.96. The minimum Gasteiger partial charge on any atom is -0.497 e. The lowest BCUT2D eigenvalue weighted by Crippen LogP contribution is -2.54. The zero-order valence-electron chi connectivity index (χ0n) is 16.1. The molecule has 0 N–H and O–H groups in total. The third kappa shape index (κ3) is 3.54. The Kier molecular flexibility index (Phi) is 5.19. The molecular formula is C22H25N3O3. The van der Waals surface area contributed by atoms with Crippen LogP contribution in [0.1, 0.15) is 12.0 Å². The highest BCUT2D eigenvalue weighted by atomic mass is 16.5. The molecule has 146 valence electrons. The summed E-state index contributed by atoms with van der Waals surface area (Å²) in [6.45, 7) is 3.12. The lowest BCUT2D eigenvalue weighted by atomic mass is 10.0. The highest BCUT2D eigenvalue weighted by molar-refractivity contribution is 6.40. The van der Waals surface area contributed by atoms with Gasteiger partial charge in [-0.1, -0.05) is 18.2 Å². The molecule has 0 saturated carbocycles. The number of anilines is 2. The number of hydrogen-bond donors (Lipinski definition) is 0. The summed E-state index contributed by atoms with van der Waals surface area (Å²) in [4.78, 5) is 31.3. The van der Waals surface area contributed by atoms with Crippen molar-refractivity contribution >= 4 is 23.2 Å². The molecule has 1 fully saturated rings. The second kappa shape index (κ2) is 7.92. The van der Waals surface area contributed by atoms with Crippen LogP contribution in [-0.4, -0.2) is 56.5 Å². The molecule has 1 saturated heterocycles. The van der Waals surface area contributed by atoms with Crippen molar-refractivity contribution in [2.75, 3.05) is 49.6 Å². The molecule has 0 bridgehead atoms. The Morgan fingerprint density at radius 3 is 2.29 bits per heavy atom. The quantitative estimate of drug-likeness (QED) is 0.752. The zero-order valence-corrected chi connectivity index (χ0v) is 16.1. The maximum atomic E-state index is 12.9. The number of fused-ring (bicyclic) bond motifs is 1. The largest absolute Gasteiger partial charge is 0.497 e. The first-order chi connectivity index (χ1) is 13.7. The van der Waals surface area contributed by atoms with E-state index in [2.05, 4.69) is 4.90 Å². The molecule has 0 unspecified atom stereocenters. The van der Waals surface area contributed by atoms with Crippen molar-refractivity contribution in [1.29, 1.82) is 0 Å². The second-order valence-corrected chi connectivity index (χ2v) is 7.17. The Morgan fingerprint density at radius 1 is 0.857 bits per heavy atom. The fourth-order valence-electron chi connectivity index (χ4n) is 3.96. The molecule has 2 heterocycles. The van der Waals surface area contributed by atoms with Gasteiger partial charge in [-0.05, 0) is 48.7 Å². The van der Waals surface area contributed by atoms with E-state index in [0.29, 0.717) is 32.7 Å². The molecular weight excluding hydrogens is 354 g/mol. The topological polar surface area (TPSA) is 53.1 Å². The molecule has 0 atom stereocenters. The van der Waals surface area contributed by atoms with Gasteiger partial charge in [0.15, 0.2) is 0 Å². The van der Waals surface area contributed by atoms with Gasteiger partial charge in [-0.25, -0.2) is 0 Å². The average Bonchev–Trinajstić information content (AvgIpc) is 2.78. The first-order valence-electron chi connectivity index (χ1n) is 9.75. The number of hydrogen-bond acceptors (Lipinski definition) is 4. The van der Waals surface area contributed by atoms with E-state index < -0.39 is 11.8 Å². The number of nitrogens with zero attached hydrogens (tertiary/aromatic N) is 3. The highest BCUT2D eigenvalue weighted by Crippen LogP contribution is 2.27. The molecule has 28 heavy (non-hydrogen) atoms. The van der Waals surface area contributed by atoms with Crippen LogP contribution in [-0.2, 0) is 16.0 Å². The standard InChI is InChI=1S/C22H25N3O3/c1-28-19-10-8-18(9-11-19)23-13-15-24(16-14-23)21(26)22(27)25-12-4-6-17-5-2-3-7-20(17)25/h2-3,5,7-11H,4,6,12-16H2,1H3. The van der Waals surface area contributed by atoms with E-state index in [1.165, 1.54) is 0 Å². The van der Waals surface area contributed by atoms with Gasteiger partial charge in [0, 0.05) is 44.1 Å². The maximum Gasteiger partial charge on any atom is 0.316 e. The highest BCUT2D eigenvalue weighted by Gasteiger charge is 2.32. The van der Waals surface area contributed by atoms with Crippen LogP contribution in [0.5, 0.6) is 5.75 Å². The number of ether oxygens (including phenoxy) is 1. The monoisotopic (exact) mass is 379 g/mol. The Morgan fingerprint density at radius 2 is 1.57 bits per heavy atom. The van der Waals surface area contributed by atoms with Crippen molar-refractivity contribution in [2.45, 2.75) is 12.8 Å². The summed E-state index contributed by atoms with van der Waals surface area (Å²) >= 11 is 0. The van der Waals surface area contributed by atoms with E-state index in [9.17, 15) is 9.59 Å². The van der Waals surface area contributed by atoms with E-state index >= 15 is 0 Å². The number of amides is 2. The van der Waals surface area contributed by atoms with E-state index in [-0.39, 0.29) is 0 Å². The van der Waals surface area contributed by atoms with E-state index in [1.807, 2.05) is 48.5 Å². The number of piperazine rings is 1. The van der Waals surface area contributed by atoms with Gasteiger partial charge < -0.3 is 19.4 Å². The number of rotatable bonds is 2. The van der Waals surface area contributed by atoms with Crippen molar-refractivity contribution in [3.63, 3.8) is 0 Å². The van der Waals surface area contributed by atoms with Crippen LogP contribution in [0.15, 0.2) is 48.5 Å². The summed E-state index contributed by atoms with van der Waals surface area (Å²) in [5.74, 6) is 0.0149. The predicted molar refractivity (Wildman–Crippen MR) is 109 cm³/mol. The normalized spacial score (nSPS) is 16.5. The molecule has 2 aliphatic rings. The summed E-state index contributed by atoms with van der Waals surface area (Å²) in [5, 5.41) is 0. The minimum atomic E-state index is -0.412. The molecule has 0 radical (unpaired) electrons. The second-order valence-electron chi connectivity index (χ2n) is 7.17. The van der Waals surface area contributed by atoms with Crippen LogP contribution >= 0.6 is 0 Å². The van der Waals surface area contributed by atoms with Crippen molar-refractivity contribution in [3.8, 4) is 5.75 Å². The molecule has 4 rings (SSSR count). The van der Waals surface area contributed by atoms with Gasteiger partial charge in [-0.2, -0.15) is 0 Å². The Hall–Kier alpha value is -3.02. The summed E-state index contributed by atoms with van der Waals surface area (Å²) in [6.07, 6.45) is 1.84. The lowest BCUT2D eigenvalue weighted by Gasteiger charge is -2.37. The number of benzene rings is 2. The molecule has 2 amide bonds. The smallest absolute Gasteiger partial charge is 0.316 e. The molecule has 2 aliphatic heterocycles. The molecule has 0 aromatic heterocycles. The van der Waals surface area contributed by atoms with Crippen LogP contribution in [0.2, 0.25) is 0 Å². The summed E-state index contributed by atoms with van der Waals surface area (Å²) in [6, 6.07) is 15.8. The predicted octanol–water partition coefficient (Wildman–Crippen LogP) is 2.32. The van der Waals surface area contributed by atoms with Gasteiger partial charge in [0.25, 0.3) is 0 Å². The summed E-state index contributed by atoms with van der Waals surface area (Å²) in [5.41, 5.74) is 3.12. The molecule has 2 aromatic rings. The lowest BCUT2D eigenvalue weighted by molar-refractivity contribution is -0.144. The Labute approximate surface area is 165 Å². The van der Waals surface area contributed by atoms with Crippen LogP contribution < -0.4 is 14.5 Å².